The lowest BCUT2D eigenvalue weighted by Crippen LogP contribution is -2.46. The van der Waals surface area contributed by atoms with Crippen molar-refractivity contribution in [1.29, 1.82) is 0 Å². The summed E-state index contributed by atoms with van der Waals surface area (Å²) in [7, 11) is 0. The summed E-state index contributed by atoms with van der Waals surface area (Å²) in [6.45, 7) is 5.54. The Morgan fingerprint density at radius 3 is 2.55 bits per heavy atom. The van der Waals surface area contributed by atoms with E-state index in [1.54, 1.807) is 24.5 Å². The number of thiazole rings is 1. The van der Waals surface area contributed by atoms with Gasteiger partial charge >= 0.3 is 0 Å². The van der Waals surface area contributed by atoms with Crippen LogP contribution >= 0.6 is 11.3 Å². The second-order valence-electron chi connectivity index (χ2n) is 4.91. The molecule has 1 saturated heterocycles. The van der Waals surface area contributed by atoms with E-state index in [0.717, 1.165) is 42.7 Å². The lowest BCUT2D eigenvalue weighted by atomic mass is 10.1. The van der Waals surface area contributed by atoms with Crippen LogP contribution < -0.4 is 9.80 Å². The monoisotopic (exact) mass is 290 g/mol. The molecule has 0 unspecified atom stereocenters. The third-order valence-corrected chi connectivity index (χ3v) is 4.38. The van der Waals surface area contributed by atoms with Crippen LogP contribution in [0.1, 0.15) is 18.6 Å². The average Bonchev–Trinajstić information content (AvgIpc) is 3.02. The van der Waals surface area contributed by atoms with E-state index in [2.05, 4.69) is 19.8 Å². The Kier molecular flexibility index (Phi) is 3.84. The molecule has 106 valence electrons. The van der Waals surface area contributed by atoms with Crippen molar-refractivity contribution in [3.8, 4) is 0 Å². The normalized spacial score (nSPS) is 17.3. The molecule has 0 saturated carbocycles. The van der Waals surface area contributed by atoms with Gasteiger partial charge in [0.15, 0.2) is 5.13 Å². The third kappa shape index (κ3) is 2.76. The average molecular weight is 290 g/mol. The van der Waals surface area contributed by atoms with E-state index in [0.29, 0.717) is 0 Å². The maximum absolute atomic E-state index is 9.65. The van der Waals surface area contributed by atoms with Gasteiger partial charge in [0.05, 0.1) is 6.10 Å². The van der Waals surface area contributed by atoms with Crippen LogP contribution in [-0.2, 0) is 0 Å². The smallest absolute Gasteiger partial charge is 0.185 e. The Bertz CT molecular complexity index is 550. The third-order valence-electron chi connectivity index (χ3n) is 3.55. The van der Waals surface area contributed by atoms with Crippen molar-refractivity contribution >= 4 is 22.3 Å². The number of nitrogens with zero attached hydrogens (tertiary/aromatic N) is 4. The van der Waals surface area contributed by atoms with Crippen molar-refractivity contribution < 1.29 is 5.11 Å². The van der Waals surface area contributed by atoms with Gasteiger partial charge in [-0.05, 0) is 24.6 Å². The van der Waals surface area contributed by atoms with E-state index in [1.165, 1.54) is 0 Å². The fourth-order valence-electron chi connectivity index (χ4n) is 2.37. The predicted octanol–water partition coefficient (Wildman–Crippen LogP) is 1.92. The summed E-state index contributed by atoms with van der Waals surface area (Å²) in [6, 6.07) is 3.84. The maximum Gasteiger partial charge on any atom is 0.185 e. The second kappa shape index (κ2) is 5.76. The van der Waals surface area contributed by atoms with E-state index >= 15 is 0 Å². The van der Waals surface area contributed by atoms with Crippen molar-refractivity contribution in [1.82, 2.24) is 9.97 Å². The van der Waals surface area contributed by atoms with Crippen molar-refractivity contribution in [3.63, 3.8) is 0 Å². The molecule has 0 radical (unpaired) electrons. The van der Waals surface area contributed by atoms with Crippen LogP contribution in [0.4, 0.5) is 10.9 Å². The molecule has 2 aromatic heterocycles. The fraction of sp³-hybridized carbons (Fsp3) is 0.429. The molecule has 0 amide bonds. The molecule has 2 aromatic rings. The first-order valence-corrected chi connectivity index (χ1v) is 7.65. The largest absolute Gasteiger partial charge is 0.389 e. The zero-order chi connectivity index (χ0) is 13.9. The molecule has 1 atom stereocenters. The van der Waals surface area contributed by atoms with E-state index in [-0.39, 0.29) is 0 Å². The molecule has 1 aliphatic heterocycles. The van der Waals surface area contributed by atoms with Crippen LogP contribution in [0.3, 0.4) is 0 Å². The molecule has 0 spiro atoms. The Morgan fingerprint density at radius 1 is 1.15 bits per heavy atom. The van der Waals surface area contributed by atoms with Gasteiger partial charge in [-0.3, -0.25) is 0 Å². The summed E-state index contributed by atoms with van der Waals surface area (Å²) in [5, 5.41) is 12.8. The number of aliphatic hydroxyl groups excluding tert-OH is 1. The molecule has 5 nitrogen and oxygen atoms in total. The Hall–Kier alpha value is -1.66. The summed E-state index contributed by atoms with van der Waals surface area (Å²) in [4.78, 5) is 13.3. The standard InChI is InChI=1S/C14H18N4OS/c1-11(19)12-2-3-15-13(10-12)17-5-7-18(8-6-17)14-16-4-9-20-14/h2-4,9-11,19H,5-8H2,1H3/t11-/m0/s1. The first kappa shape index (κ1) is 13.3. The van der Waals surface area contributed by atoms with Gasteiger partial charge in [-0.15, -0.1) is 11.3 Å². The van der Waals surface area contributed by atoms with E-state index in [9.17, 15) is 5.11 Å². The molecular formula is C14H18N4OS. The van der Waals surface area contributed by atoms with Gasteiger partial charge in [-0.2, -0.15) is 0 Å². The van der Waals surface area contributed by atoms with Crippen LogP contribution in [0, 0.1) is 0 Å². The molecule has 3 rings (SSSR count). The maximum atomic E-state index is 9.65. The van der Waals surface area contributed by atoms with Gasteiger partial charge in [0.25, 0.3) is 0 Å². The first-order chi connectivity index (χ1) is 9.74. The van der Waals surface area contributed by atoms with Crippen LogP contribution in [0.25, 0.3) is 0 Å². The van der Waals surface area contributed by atoms with Gasteiger partial charge in [0.1, 0.15) is 5.82 Å². The summed E-state index contributed by atoms with van der Waals surface area (Å²) >= 11 is 1.68. The quantitative estimate of drug-likeness (QED) is 0.936. The number of aliphatic hydroxyl groups is 1. The van der Waals surface area contributed by atoms with Crippen LogP contribution in [-0.4, -0.2) is 41.3 Å². The van der Waals surface area contributed by atoms with Crippen molar-refractivity contribution in [2.24, 2.45) is 0 Å². The molecule has 0 bridgehead atoms. The highest BCUT2D eigenvalue weighted by molar-refractivity contribution is 7.13. The minimum absolute atomic E-state index is 0.451. The highest BCUT2D eigenvalue weighted by atomic mass is 32.1. The number of piperazine rings is 1. The van der Waals surface area contributed by atoms with Crippen LogP contribution in [0.15, 0.2) is 29.9 Å². The molecule has 0 aliphatic carbocycles. The van der Waals surface area contributed by atoms with Crippen molar-refractivity contribution in [2.75, 3.05) is 36.0 Å². The van der Waals surface area contributed by atoms with Gasteiger partial charge in [0.2, 0.25) is 0 Å². The minimum atomic E-state index is -0.451. The number of aromatic nitrogens is 2. The zero-order valence-corrected chi connectivity index (χ0v) is 12.3. The topological polar surface area (TPSA) is 52.5 Å². The van der Waals surface area contributed by atoms with Crippen molar-refractivity contribution in [2.45, 2.75) is 13.0 Å². The van der Waals surface area contributed by atoms with E-state index in [1.807, 2.05) is 23.7 Å². The molecule has 20 heavy (non-hydrogen) atoms. The fourth-order valence-corrected chi connectivity index (χ4v) is 3.06. The number of anilines is 2. The Labute approximate surface area is 122 Å². The molecule has 1 N–H and O–H groups in total. The summed E-state index contributed by atoms with van der Waals surface area (Å²) < 4.78 is 0. The minimum Gasteiger partial charge on any atom is -0.389 e. The number of hydrogen-bond acceptors (Lipinski definition) is 6. The van der Waals surface area contributed by atoms with Gasteiger partial charge in [-0.1, -0.05) is 0 Å². The Balaban J connectivity index is 1.67. The summed E-state index contributed by atoms with van der Waals surface area (Å²) in [5.41, 5.74) is 0.914. The number of hydrogen-bond donors (Lipinski definition) is 1. The zero-order valence-electron chi connectivity index (χ0n) is 11.4. The number of pyridine rings is 1. The van der Waals surface area contributed by atoms with E-state index in [4.69, 9.17) is 0 Å². The number of rotatable bonds is 3. The van der Waals surface area contributed by atoms with Gasteiger partial charge in [0, 0.05) is 44.0 Å². The molecule has 1 fully saturated rings. The van der Waals surface area contributed by atoms with Gasteiger partial charge in [-0.25, -0.2) is 9.97 Å². The molecular weight excluding hydrogens is 272 g/mol. The highest BCUT2D eigenvalue weighted by Crippen LogP contribution is 2.22. The molecule has 1 aliphatic rings. The van der Waals surface area contributed by atoms with Crippen molar-refractivity contribution in [3.05, 3.63) is 35.5 Å². The molecule has 3 heterocycles. The SMILES string of the molecule is C[C@H](O)c1ccnc(N2CCN(c3nccs3)CC2)c1. The van der Waals surface area contributed by atoms with Crippen LogP contribution in [0.2, 0.25) is 0 Å². The van der Waals surface area contributed by atoms with Gasteiger partial charge < -0.3 is 14.9 Å². The predicted molar refractivity (Wildman–Crippen MR) is 81.4 cm³/mol. The second-order valence-corrected chi connectivity index (χ2v) is 5.79. The van der Waals surface area contributed by atoms with E-state index < -0.39 is 6.10 Å². The first-order valence-electron chi connectivity index (χ1n) is 6.77. The highest BCUT2D eigenvalue weighted by Gasteiger charge is 2.20. The summed E-state index contributed by atoms with van der Waals surface area (Å²) in [6.07, 6.45) is 3.17. The summed E-state index contributed by atoms with van der Waals surface area (Å²) in [5.74, 6) is 0.946. The lowest BCUT2D eigenvalue weighted by Gasteiger charge is -2.35. The Morgan fingerprint density at radius 2 is 1.90 bits per heavy atom. The molecule has 0 aromatic carbocycles. The molecule has 6 heteroatoms. The van der Waals surface area contributed by atoms with Crippen LogP contribution in [0.5, 0.6) is 0 Å². The lowest BCUT2D eigenvalue weighted by molar-refractivity contribution is 0.199.